The first-order chi connectivity index (χ1) is 10.5. The SMILES string of the molecule is O=S(=O)(Nc1c(F)cccc1CO)c1cn2c(n1)CCCC2. The van der Waals surface area contributed by atoms with Gasteiger partial charge in [-0.3, -0.25) is 4.72 Å². The number of aliphatic hydroxyl groups is 1. The largest absolute Gasteiger partial charge is 0.392 e. The summed E-state index contributed by atoms with van der Waals surface area (Å²) < 4.78 is 42.7. The molecule has 0 fully saturated rings. The lowest BCUT2D eigenvalue weighted by molar-refractivity contribution is 0.282. The Morgan fingerprint density at radius 2 is 2.18 bits per heavy atom. The number of aryl methyl sites for hydroxylation is 2. The number of hydrogen-bond donors (Lipinski definition) is 2. The molecule has 2 N–H and O–H groups in total. The van der Waals surface area contributed by atoms with Crippen molar-refractivity contribution < 1.29 is 17.9 Å². The normalized spacial score (nSPS) is 14.6. The van der Waals surface area contributed by atoms with E-state index in [-0.39, 0.29) is 16.3 Å². The van der Waals surface area contributed by atoms with Gasteiger partial charge in [-0.25, -0.2) is 9.37 Å². The predicted octanol–water partition coefficient (Wildman–Crippen LogP) is 1.65. The van der Waals surface area contributed by atoms with Crippen LogP contribution in [0.25, 0.3) is 0 Å². The van der Waals surface area contributed by atoms with Gasteiger partial charge in [0.05, 0.1) is 12.3 Å². The highest BCUT2D eigenvalue weighted by atomic mass is 32.2. The molecule has 1 aliphatic heterocycles. The molecule has 0 bridgehead atoms. The second-order valence-corrected chi connectivity index (χ2v) is 6.81. The lowest BCUT2D eigenvalue weighted by Crippen LogP contribution is -2.16. The first-order valence-electron chi connectivity index (χ1n) is 6.98. The van der Waals surface area contributed by atoms with Crippen LogP contribution in [0.15, 0.2) is 29.4 Å². The van der Waals surface area contributed by atoms with Gasteiger partial charge in [0.25, 0.3) is 10.0 Å². The Kier molecular flexibility index (Phi) is 3.88. The number of imidazole rings is 1. The minimum absolute atomic E-state index is 0.128. The average molecular weight is 325 g/mol. The van der Waals surface area contributed by atoms with Gasteiger partial charge in [0.1, 0.15) is 11.6 Å². The maximum atomic E-state index is 13.8. The molecular weight excluding hydrogens is 309 g/mol. The fraction of sp³-hybridized carbons (Fsp3) is 0.357. The predicted molar refractivity (Wildman–Crippen MR) is 78.3 cm³/mol. The van der Waals surface area contributed by atoms with E-state index in [0.717, 1.165) is 37.7 Å². The number of halogens is 1. The molecule has 22 heavy (non-hydrogen) atoms. The van der Waals surface area contributed by atoms with Gasteiger partial charge >= 0.3 is 0 Å². The van der Waals surface area contributed by atoms with E-state index in [0.29, 0.717) is 0 Å². The number of aromatic nitrogens is 2. The van der Waals surface area contributed by atoms with Crippen LogP contribution in [0.3, 0.4) is 0 Å². The van der Waals surface area contributed by atoms with Crippen molar-refractivity contribution in [2.45, 2.75) is 37.4 Å². The molecule has 8 heteroatoms. The topological polar surface area (TPSA) is 84.2 Å². The summed E-state index contributed by atoms with van der Waals surface area (Å²) in [7, 11) is -4.00. The van der Waals surface area contributed by atoms with Crippen molar-refractivity contribution in [1.82, 2.24) is 9.55 Å². The zero-order valence-corrected chi connectivity index (χ0v) is 12.6. The van der Waals surface area contributed by atoms with Crippen LogP contribution in [0.1, 0.15) is 24.2 Å². The van der Waals surface area contributed by atoms with Gasteiger partial charge in [-0.1, -0.05) is 12.1 Å². The molecule has 0 amide bonds. The Hall–Kier alpha value is -1.93. The van der Waals surface area contributed by atoms with Crippen molar-refractivity contribution in [2.24, 2.45) is 0 Å². The second kappa shape index (κ2) is 5.69. The number of benzene rings is 1. The zero-order chi connectivity index (χ0) is 15.7. The number of nitrogens with one attached hydrogen (secondary N) is 1. The number of anilines is 1. The molecule has 0 atom stereocenters. The molecule has 6 nitrogen and oxygen atoms in total. The van der Waals surface area contributed by atoms with E-state index < -0.39 is 22.4 Å². The molecule has 1 aromatic heterocycles. The summed E-state index contributed by atoms with van der Waals surface area (Å²) in [6.07, 6.45) is 4.16. The second-order valence-electron chi connectivity index (χ2n) is 5.18. The van der Waals surface area contributed by atoms with E-state index in [1.165, 1.54) is 18.3 Å². The molecule has 0 aliphatic carbocycles. The number of para-hydroxylation sites is 1. The van der Waals surface area contributed by atoms with Crippen LogP contribution in [0, 0.1) is 5.82 Å². The summed E-state index contributed by atoms with van der Waals surface area (Å²) in [6.45, 7) is 0.273. The highest BCUT2D eigenvalue weighted by Crippen LogP contribution is 2.24. The van der Waals surface area contributed by atoms with Crippen LogP contribution in [0.4, 0.5) is 10.1 Å². The van der Waals surface area contributed by atoms with Gasteiger partial charge in [0.2, 0.25) is 0 Å². The van der Waals surface area contributed by atoms with Crippen molar-refractivity contribution >= 4 is 15.7 Å². The molecule has 3 rings (SSSR count). The number of hydrogen-bond acceptors (Lipinski definition) is 4. The lowest BCUT2D eigenvalue weighted by atomic mass is 10.2. The van der Waals surface area contributed by atoms with Crippen LogP contribution in [0.5, 0.6) is 0 Å². The first kappa shape index (κ1) is 15.0. The van der Waals surface area contributed by atoms with Crippen molar-refractivity contribution in [2.75, 3.05) is 4.72 Å². The van der Waals surface area contributed by atoms with Crippen LogP contribution in [-0.4, -0.2) is 23.1 Å². The highest BCUT2D eigenvalue weighted by molar-refractivity contribution is 7.92. The molecule has 2 heterocycles. The van der Waals surface area contributed by atoms with Gasteiger partial charge in [0.15, 0.2) is 5.03 Å². The molecule has 118 valence electrons. The molecular formula is C14H16FN3O3S. The summed E-state index contributed by atoms with van der Waals surface area (Å²) in [4.78, 5) is 4.13. The molecule has 0 saturated carbocycles. The van der Waals surface area contributed by atoms with E-state index in [9.17, 15) is 17.9 Å². The molecule has 0 spiro atoms. The Labute approximate surface area is 127 Å². The summed E-state index contributed by atoms with van der Waals surface area (Å²) >= 11 is 0. The Morgan fingerprint density at radius 3 is 2.91 bits per heavy atom. The van der Waals surface area contributed by atoms with Crippen LogP contribution >= 0.6 is 0 Å². The molecule has 0 radical (unpaired) electrons. The summed E-state index contributed by atoms with van der Waals surface area (Å²) in [6, 6.07) is 4.00. The molecule has 0 saturated heterocycles. The van der Waals surface area contributed by atoms with Gasteiger partial charge < -0.3 is 9.67 Å². The van der Waals surface area contributed by atoms with E-state index in [4.69, 9.17) is 0 Å². The van der Waals surface area contributed by atoms with Crippen LogP contribution in [-0.2, 0) is 29.6 Å². The third kappa shape index (κ3) is 2.71. The number of fused-ring (bicyclic) bond motifs is 1. The Bertz CT molecular complexity index is 778. The standard InChI is InChI=1S/C14H16FN3O3S/c15-11-5-3-4-10(9-19)14(11)17-22(20,21)13-8-18-7-2-1-6-12(18)16-13/h3-5,8,17,19H,1-2,6-7,9H2. The molecule has 0 unspecified atom stereocenters. The smallest absolute Gasteiger partial charge is 0.281 e. The molecule has 2 aromatic rings. The molecule has 1 aliphatic rings. The fourth-order valence-corrected chi connectivity index (χ4v) is 3.61. The van der Waals surface area contributed by atoms with Crippen molar-refractivity contribution in [3.63, 3.8) is 0 Å². The average Bonchev–Trinajstić information content (AvgIpc) is 2.94. The quantitative estimate of drug-likeness (QED) is 0.895. The van der Waals surface area contributed by atoms with Crippen molar-refractivity contribution in [1.29, 1.82) is 0 Å². The number of aliphatic hydroxyl groups excluding tert-OH is 1. The van der Waals surface area contributed by atoms with Crippen LogP contribution < -0.4 is 4.72 Å². The summed E-state index contributed by atoms with van der Waals surface area (Å²) in [5, 5.41) is 9.09. The minimum atomic E-state index is -4.00. The van der Waals surface area contributed by atoms with Crippen molar-refractivity contribution in [3.05, 3.63) is 41.6 Å². The van der Waals surface area contributed by atoms with Gasteiger partial charge in [-0.15, -0.1) is 0 Å². The van der Waals surface area contributed by atoms with Gasteiger partial charge in [-0.05, 0) is 18.9 Å². The van der Waals surface area contributed by atoms with Crippen LogP contribution in [0.2, 0.25) is 0 Å². The minimum Gasteiger partial charge on any atom is -0.392 e. The first-order valence-corrected chi connectivity index (χ1v) is 8.47. The van der Waals surface area contributed by atoms with Crippen molar-refractivity contribution in [3.8, 4) is 0 Å². The number of rotatable bonds is 4. The number of sulfonamides is 1. The van der Waals surface area contributed by atoms with Gasteiger partial charge in [0, 0.05) is 24.7 Å². The molecule has 1 aromatic carbocycles. The Morgan fingerprint density at radius 1 is 1.36 bits per heavy atom. The maximum Gasteiger partial charge on any atom is 0.281 e. The summed E-state index contributed by atoms with van der Waals surface area (Å²) in [5.74, 6) is -0.0124. The monoisotopic (exact) mass is 325 g/mol. The van der Waals surface area contributed by atoms with E-state index in [1.54, 1.807) is 0 Å². The highest BCUT2D eigenvalue weighted by Gasteiger charge is 2.24. The zero-order valence-electron chi connectivity index (χ0n) is 11.8. The maximum absolute atomic E-state index is 13.8. The van der Waals surface area contributed by atoms with E-state index in [1.807, 2.05) is 4.57 Å². The summed E-state index contributed by atoms with van der Waals surface area (Å²) in [5.41, 5.74) is -0.0662. The van der Waals surface area contributed by atoms with Gasteiger partial charge in [-0.2, -0.15) is 8.42 Å². The lowest BCUT2D eigenvalue weighted by Gasteiger charge is -2.11. The number of nitrogens with zero attached hydrogens (tertiary/aromatic N) is 2. The van der Waals surface area contributed by atoms with E-state index in [2.05, 4.69) is 9.71 Å². The fourth-order valence-electron chi connectivity index (χ4n) is 2.52. The Balaban J connectivity index is 1.96. The third-order valence-electron chi connectivity index (χ3n) is 3.67. The van der Waals surface area contributed by atoms with E-state index >= 15 is 0 Å². The third-order valence-corrected chi connectivity index (χ3v) is 4.89.